The van der Waals surface area contributed by atoms with Crippen LogP contribution in [-0.2, 0) is 0 Å². The van der Waals surface area contributed by atoms with E-state index in [-0.39, 0.29) is 19.8 Å². The number of aliphatic hydroxyl groups excluding tert-OH is 4. The van der Waals surface area contributed by atoms with Gasteiger partial charge in [0.15, 0.2) is 0 Å². The Morgan fingerprint density at radius 2 is 1.56 bits per heavy atom. The van der Waals surface area contributed by atoms with Gasteiger partial charge in [-0.1, -0.05) is 42.5 Å². The normalized spacial score (nSPS) is 10.3. The molecule has 0 saturated carbocycles. The van der Waals surface area contributed by atoms with Gasteiger partial charge in [0.1, 0.15) is 6.10 Å². The predicted molar refractivity (Wildman–Crippen MR) is 62.7 cm³/mol. The zero-order valence-electron chi connectivity index (χ0n) is 9.03. The molecule has 4 heteroatoms. The molecule has 1 aromatic carbocycles. The molecule has 0 fully saturated rings. The third-order valence-electron chi connectivity index (χ3n) is 1.64. The highest BCUT2D eigenvalue weighted by molar-refractivity contribution is 5.48. The highest BCUT2D eigenvalue weighted by Crippen LogP contribution is 1.99. The molecule has 90 valence electrons. The third-order valence-corrected chi connectivity index (χ3v) is 1.64. The van der Waals surface area contributed by atoms with E-state index in [2.05, 4.69) is 0 Å². The first-order chi connectivity index (χ1) is 7.74. The molecule has 0 amide bonds. The largest absolute Gasteiger partial charge is 0.394 e. The van der Waals surface area contributed by atoms with Crippen LogP contribution in [0.1, 0.15) is 5.56 Å². The average molecular weight is 226 g/mol. The summed E-state index contributed by atoms with van der Waals surface area (Å²) in [6, 6.07) is 9.89. The Hall–Kier alpha value is -1.20. The molecule has 4 N–H and O–H groups in total. The molecule has 0 saturated heterocycles. The second-order valence-corrected chi connectivity index (χ2v) is 3.01. The van der Waals surface area contributed by atoms with Gasteiger partial charge >= 0.3 is 0 Å². The van der Waals surface area contributed by atoms with Crippen LogP contribution < -0.4 is 0 Å². The SMILES string of the molecule is OCC(O)CO.OCC=Cc1ccccc1. The highest BCUT2D eigenvalue weighted by Gasteiger charge is 1.93. The summed E-state index contributed by atoms with van der Waals surface area (Å²) in [7, 11) is 0. The van der Waals surface area contributed by atoms with Crippen molar-refractivity contribution in [1.82, 2.24) is 0 Å². The highest BCUT2D eigenvalue weighted by atomic mass is 16.3. The minimum absolute atomic E-state index is 0.106. The Kier molecular flexibility index (Phi) is 9.55. The van der Waals surface area contributed by atoms with Crippen molar-refractivity contribution in [3.05, 3.63) is 42.0 Å². The summed E-state index contributed by atoms with van der Waals surface area (Å²) in [5, 5.41) is 32.5. The zero-order chi connectivity index (χ0) is 12.2. The number of rotatable bonds is 4. The van der Waals surface area contributed by atoms with Gasteiger partial charge < -0.3 is 20.4 Å². The van der Waals surface area contributed by atoms with E-state index < -0.39 is 6.10 Å². The van der Waals surface area contributed by atoms with Crippen LogP contribution in [0.25, 0.3) is 6.08 Å². The van der Waals surface area contributed by atoms with Crippen molar-refractivity contribution in [1.29, 1.82) is 0 Å². The quantitative estimate of drug-likeness (QED) is 0.583. The maximum Gasteiger partial charge on any atom is 0.100 e. The van der Waals surface area contributed by atoms with Gasteiger partial charge in [0.25, 0.3) is 0 Å². The molecule has 0 spiro atoms. The first-order valence-corrected chi connectivity index (χ1v) is 4.96. The molecular formula is C12H18O4. The van der Waals surface area contributed by atoms with Gasteiger partial charge in [-0.3, -0.25) is 0 Å². The Balaban J connectivity index is 0.000000325. The monoisotopic (exact) mass is 226 g/mol. The Labute approximate surface area is 95.1 Å². The molecule has 0 aliphatic heterocycles. The molecule has 0 aromatic heterocycles. The molecule has 1 rings (SSSR count). The van der Waals surface area contributed by atoms with Crippen molar-refractivity contribution in [3.63, 3.8) is 0 Å². The van der Waals surface area contributed by atoms with Gasteiger partial charge in [0.2, 0.25) is 0 Å². The lowest BCUT2D eigenvalue weighted by atomic mass is 10.2. The fraction of sp³-hybridized carbons (Fsp3) is 0.333. The molecule has 16 heavy (non-hydrogen) atoms. The number of hydrogen-bond acceptors (Lipinski definition) is 4. The Morgan fingerprint density at radius 1 is 1.00 bits per heavy atom. The van der Waals surface area contributed by atoms with Crippen molar-refractivity contribution in [2.45, 2.75) is 6.10 Å². The maximum atomic E-state index is 8.44. The first kappa shape index (κ1) is 14.8. The Morgan fingerprint density at radius 3 is 1.94 bits per heavy atom. The fourth-order valence-electron chi connectivity index (χ4n) is 0.811. The zero-order valence-corrected chi connectivity index (χ0v) is 9.03. The van der Waals surface area contributed by atoms with Crippen LogP contribution in [0.5, 0.6) is 0 Å². The van der Waals surface area contributed by atoms with Crippen LogP contribution in [-0.4, -0.2) is 46.4 Å². The van der Waals surface area contributed by atoms with E-state index >= 15 is 0 Å². The van der Waals surface area contributed by atoms with Crippen molar-refractivity contribution < 1.29 is 20.4 Å². The number of benzene rings is 1. The van der Waals surface area contributed by atoms with Crippen LogP contribution in [0.2, 0.25) is 0 Å². The van der Waals surface area contributed by atoms with Crippen LogP contribution in [0.15, 0.2) is 36.4 Å². The summed E-state index contributed by atoms with van der Waals surface area (Å²) >= 11 is 0. The first-order valence-electron chi connectivity index (χ1n) is 4.96. The van der Waals surface area contributed by atoms with E-state index in [4.69, 9.17) is 20.4 Å². The molecule has 0 radical (unpaired) electrons. The van der Waals surface area contributed by atoms with Crippen molar-refractivity contribution >= 4 is 6.08 Å². The van der Waals surface area contributed by atoms with Gasteiger partial charge in [-0.25, -0.2) is 0 Å². The summed E-state index contributed by atoms with van der Waals surface area (Å²) in [6.45, 7) is -0.623. The molecule has 0 bridgehead atoms. The summed E-state index contributed by atoms with van der Waals surface area (Å²) < 4.78 is 0. The summed E-state index contributed by atoms with van der Waals surface area (Å²) in [4.78, 5) is 0. The molecular weight excluding hydrogens is 208 g/mol. The van der Waals surface area contributed by atoms with E-state index in [1.807, 2.05) is 36.4 Å². The van der Waals surface area contributed by atoms with Gasteiger partial charge in [-0.15, -0.1) is 0 Å². The number of aliphatic hydroxyl groups is 4. The van der Waals surface area contributed by atoms with E-state index in [1.54, 1.807) is 6.08 Å². The molecule has 1 aromatic rings. The van der Waals surface area contributed by atoms with Gasteiger partial charge in [-0.2, -0.15) is 0 Å². The summed E-state index contributed by atoms with van der Waals surface area (Å²) in [5.74, 6) is 0. The van der Waals surface area contributed by atoms with Crippen molar-refractivity contribution in [3.8, 4) is 0 Å². The fourth-order valence-corrected chi connectivity index (χ4v) is 0.811. The van der Waals surface area contributed by atoms with Crippen LogP contribution >= 0.6 is 0 Å². The minimum Gasteiger partial charge on any atom is -0.394 e. The van der Waals surface area contributed by atoms with E-state index in [1.165, 1.54) is 0 Å². The molecule has 0 aliphatic rings. The smallest absolute Gasteiger partial charge is 0.100 e. The number of hydrogen-bond donors (Lipinski definition) is 4. The minimum atomic E-state index is -0.954. The van der Waals surface area contributed by atoms with Gasteiger partial charge in [0.05, 0.1) is 19.8 Å². The standard InChI is InChI=1S/C9H10O.C3H8O3/c10-8-4-7-9-5-2-1-3-6-9;4-1-3(6)2-5/h1-7,10H,8H2;3-6H,1-2H2. The van der Waals surface area contributed by atoms with Gasteiger partial charge in [-0.05, 0) is 5.56 Å². The van der Waals surface area contributed by atoms with Crippen LogP contribution in [0, 0.1) is 0 Å². The lowest BCUT2D eigenvalue weighted by Gasteiger charge is -1.96. The van der Waals surface area contributed by atoms with Crippen LogP contribution in [0.4, 0.5) is 0 Å². The second kappa shape index (κ2) is 10.3. The molecule has 4 nitrogen and oxygen atoms in total. The third kappa shape index (κ3) is 8.14. The van der Waals surface area contributed by atoms with E-state index in [0.29, 0.717) is 0 Å². The molecule has 0 unspecified atom stereocenters. The molecule has 0 atom stereocenters. The van der Waals surface area contributed by atoms with E-state index in [9.17, 15) is 0 Å². The topological polar surface area (TPSA) is 80.9 Å². The average Bonchev–Trinajstić information content (AvgIpc) is 2.37. The van der Waals surface area contributed by atoms with Crippen molar-refractivity contribution in [2.24, 2.45) is 0 Å². The Bertz CT molecular complexity index is 268. The van der Waals surface area contributed by atoms with E-state index in [0.717, 1.165) is 5.56 Å². The molecule has 0 heterocycles. The van der Waals surface area contributed by atoms with Gasteiger partial charge in [0, 0.05) is 0 Å². The lowest BCUT2D eigenvalue weighted by Crippen LogP contribution is -2.15. The van der Waals surface area contributed by atoms with Crippen molar-refractivity contribution in [2.75, 3.05) is 19.8 Å². The second-order valence-electron chi connectivity index (χ2n) is 3.01. The maximum absolute atomic E-state index is 8.44. The molecule has 0 aliphatic carbocycles. The predicted octanol–water partition coefficient (Wildman–Crippen LogP) is 0.0240. The summed E-state index contributed by atoms with van der Waals surface area (Å²) in [6.07, 6.45) is 2.65. The lowest BCUT2D eigenvalue weighted by molar-refractivity contribution is 0.0450. The summed E-state index contributed by atoms with van der Waals surface area (Å²) in [5.41, 5.74) is 1.12. The van der Waals surface area contributed by atoms with Crippen LogP contribution in [0.3, 0.4) is 0 Å².